The number of halogens is 2. The first kappa shape index (κ1) is 11.3. The lowest BCUT2D eigenvalue weighted by molar-refractivity contribution is 0.103. The molecule has 0 aliphatic carbocycles. The van der Waals surface area contributed by atoms with Crippen molar-refractivity contribution in [2.45, 2.75) is 0 Å². The molecule has 1 heterocycles. The molecule has 0 saturated heterocycles. The number of benzene rings is 1. The molecule has 88 valence electrons. The van der Waals surface area contributed by atoms with Crippen LogP contribution in [-0.4, -0.2) is 15.6 Å². The van der Waals surface area contributed by atoms with Crippen LogP contribution in [0.2, 0.25) is 0 Å². The van der Waals surface area contributed by atoms with Crippen molar-refractivity contribution in [2.24, 2.45) is 7.05 Å². The Morgan fingerprint density at radius 2 is 2.06 bits per heavy atom. The van der Waals surface area contributed by atoms with Crippen LogP contribution in [-0.2, 0) is 7.05 Å². The van der Waals surface area contributed by atoms with Crippen molar-refractivity contribution in [1.82, 2.24) is 9.78 Å². The zero-order valence-electron chi connectivity index (χ0n) is 8.95. The van der Waals surface area contributed by atoms with Crippen molar-refractivity contribution in [3.8, 4) is 0 Å². The van der Waals surface area contributed by atoms with Crippen LogP contribution in [0.25, 0.3) is 0 Å². The van der Waals surface area contributed by atoms with E-state index in [0.29, 0.717) is 0 Å². The first-order valence-electron chi connectivity index (χ1n) is 4.78. The fourth-order valence-corrected chi connectivity index (χ4v) is 1.41. The highest BCUT2D eigenvalue weighted by atomic mass is 19.2. The maximum absolute atomic E-state index is 13.0. The predicted octanol–water partition coefficient (Wildman–Crippen LogP) is 1.51. The average molecular weight is 237 g/mol. The molecule has 0 fully saturated rings. The van der Waals surface area contributed by atoms with Gasteiger partial charge in [0.1, 0.15) is 5.82 Å². The molecule has 6 heteroatoms. The van der Waals surface area contributed by atoms with Gasteiger partial charge in [0.15, 0.2) is 17.4 Å². The highest BCUT2D eigenvalue weighted by molar-refractivity contribution is 6.11. The Morgan fingerprint density at radius 3 is 2.59 bits per heavy atom. The molecular weight excluding hydrogens is 228 g/mol. The molecule has 0 unspecified atom stereocenters. The molecule has 1 aromatic heterocycles. The van der Waals surface area contributed by atoms with Gasteiger partial charge in [-0.05, 0) is 18.2 Å². The van der Waals surface area contributed by atoms with E-state index in [2.05, 4.69) is 5.10 Å². The number of hydrogen-bond acceptors (Lipinski definition) is 3. The number of nitrogens with zero attached hydrogens (tertiary/aromatic N) is 2. The monoisotopic (exact) mass is 237 g/mol. The number of hydrogen-bond donors (Lipinski definition) is 1. The molecule has 2 aromatic rings. The van der Waals surface area contributed by atoms with E-state index in [1.165, 1.54) is 16.9 Å². The smallest absolute Gasteiger partial charge is 0.198 e. The Labute approximate surface area is 95.7 Å². The van der Waals surface area contributed by atoms with E-state index in [9.17, 15) is 13.6 Å². The third kappa shape index (κ3) is 1.89. The largest absolute Gasteiger partial charge is 0.383 e. The fourth-order valence-electron chi connectivity index (χ4n) is 1.41. The van der Waals surface area contributed by atoms with E-state index in [4.69, 9.17) is 5.73 Å². The van der Waals surface area contributed by atoms with Crippen molar-refractivity contribution in [2.75, 3.05) is 5.73 Å². The van der Waals surface area contributed by atoms with Crippen molar-refractivity contribution in [1.29, 1.82) is 0 Å². The summed E-state index contributed by atoms with van der Waals surface area (Å²) in [7, 11) is 1.58. The van der Waals surface area contributed by atoms with Crippen LogP contribution in [0.15, 0.2) is 24.4 Å². The summed E-state index contributed by atoms with van der Waals surface area (Å²) in [5.74, 6) is -2.38. The highest BCUT2D eigenvalue weighted by Gasteiger charge is 2.17. The predicted molar refractivity (Wildman–Crippen MR) is 57.4 cm³/mol. The van der Waals surface area contributed by atoms with Gasteiger partial charge in [-0.15, -0.1) is 0 Å². The number of carbonyl (C=O) groups excluding carboxylic acids is 1. The summed E-state index contributed by atoms with van der Waals surface area (Å²) in [6.07, 6.45) is 1.29. The SMILES string of the molecule is Cn1ncc(C(=O)c2ccc(F)c(F)c2)c1N. The zero-order valence-corrected chi connectivity index (χ0v) is 8.95. The minimum absolute atomic E-state index is 0.0311. The fraction of sp³-hybridized carbons (Fsp3) is 0.0909. The highest BCUT2D eigenvalue weighted by Crippen LogP contribution is 2.17. The summed E-state index contributed by atoms with van der Waals surface area (Å²) in [6, 6.07) is 2.94. The summed E-state index contributed by atoms with van der Waals surface area (Å²) >= 11 is 0. The van der Waals surface area contributed by atoms with E-state index in [-0.39, 0.29) is 16.9 Å². The van der Waals surface area contributed by atoms with Crippen molar-refractivity contribution < 1.29 is 13.6 Å². The van der Waals surface area contributed by atoms with Crippen LogP contribution in [0.3, 0.4) is 0 Å². The second-order valence-electron chi connectivity index (χ2n) is 3.53. The van der Waals surface area contributed by atoms with Gasteiger partial charge in [-0.3, -0.25) is 9.48 Å². The van der Waals surface area contributed by atoms with Gasteiger partial charge in [-0.25, -0.2) is 8.78 Å². The van der Waals surface area contributed by atoms with Gasteiger partial charge in [0.25, 0.3) is 0 Å². The van der Waals surface area contributed by atoms with Gasteiger partial charge in [-0.1, -0.05) is 0 Å². The van der Waals surface area contributed by atoms with Crippen LogP contribution >= 0.6 is 0 Å². The summed E-state index contributed by atoms with van der Waals surface area (Å²) in [6.45, 7) is 0. The van der Waals surface area contributed by atoms with Gasteiger partial charge in [0.05, 0.1) is 11.8 Å². The first-order valence-corrected chi connectivity index (χ1v) is 4.78. The summed E-state index contributed by atoms with van der Waals surface area (Å²) in [5, 5.41) is 3.81. The molecule has 0 aliphatic rings. The minimum atomic E-state index is -1.07. The standard InChI is InChI=1S/C11H9F2N3O/c1-16-11(14)7(5-15-16)10(17)6-2-3-8(12)9(13)4-6/h2-5H,14H2,1H3. The molecular formula is C11H9F2N3O. The Balaban J connectivity index is 2.44. The zero-order chi connectivity index (χ0) is 12.6. The van der Waals surface area contributed by atoms with Gasteiger partial charge in [-0.2, -0.15) is 5.10 Å². The molecule has 17 heavy (non-hydrogen) atoms. The molecule has 0 radical (unpaired) electrons. The number of aromatic nitrogens is 2. The lowest BCUT2D eigenvalue weighted by atomic mass is 10.1. The third-order valence-corrected chi connectivity index (χ3v) is 2.41. The molecule has 0 bridgehead atoms. The van der Waals surface area contributed by atoms with Crippen LogP contribution in [0.1, 0.15) is 15.9 Å². The quantitative estimate of drug-likeness (QED) is 0.805. The van der Waals surface area contributed by atoms with Crippen LogP contribution in [0.5, 0.6) is 0 Å². The topological polar surface area (TPSA) is 60.9 Å². The number of aryl methyl sites for hydroxylation is 1. The molecule has 2 N–H and O–H groups in total. The Hall–Kier alpha value is -2.24. The molecule has 0 aliphatic heterocycles. The second-order valence-corrected chi connectivity index (χ2v) is 3.53. The summed E-state index contributed by atoms with van der Waals surface area (Å²) < 4.78 is 27.0. The van der Waals surface area contributed by atoms with Gasteiger partial charge < -0.3 is 5.73 Å². The van der Waals surface area contributed by atoms with Gasteiger partial charge in [0, 0.05) is 12.6 Å². The van der Waals surface area contributed by atoms with Crippen molar-refractivity contribution in [3.63, 3.8) is 0 Å². The number of nitrogens with two attached hydrogens (primary N) is 1. The molecule has 0 atom stereocenters. The number of rotatable bonds is 2. The average Bonchev–Trinajstić information content (AvgIpc) is 2.63. The lowest BCUT2D eigenvalue weighted by Crippen LogP contribution is -2.06. The summed E-state index contributed by atoms with van der Waals surface area (Å²) in [5.41, 5.74) is 5.82. The van der Waals surface area contributed by atoms with E-state index < -0.39 is 17.4 Å². The maximum Gasteiger partial charge on any atom is 0.198 e. The molecule has 1 aromatic carbocycles. The molecule has 4 nitrogen and oxygen atoms in total. The molecule has 0 saturated carbocycles. The number of anilines is 1. The Morgan fingerprint density at radius 1 is 1.35 bits per heavy atom. The number of carbonyl (C=O) groups is 1. The molecule has 2 rings (SSSR count). The van der Waals surface area contributed by atoms with E-state index in [0.717, 1.165) is 12.1 Å². The number of nitrogen functional groups attached to an aromatic ring is 1. The minimum Gasteiger partial charge on any atom is -0.383 e. The van der Waals surface area contributed by atoms with Crippen LogP contribution < -0.4 is 5.73 Å². The normalized spacial score (nSPS) is 10.5. The van der Waals surface area contributed by atoms with Crippen molar-refractivity contribution >= 4 is 11.6 Å². The number of ketones is 1. The van der Waals surface area contributed by atoms with E-state index >= 15 is 0 Å². The van der Waals surface area contributed by atoms with Crippen LogP contribution in [0, 0.1) is 11.6 Å². The van der Waals surface area contributed by atoms with E-state index in [1.807, 2.05) is 0 Å². The van der Waals surface area contributed by atoms with Gasteiger partial charge in [0.2, 0.25) is 0 Å². The van der Waals surface area contributed by atoms with Crippen LogP contribution in [0.4, 0.5) is 14.6 Å². The van der Waals surface area contributed by atoms with E-state index in [1.54, 1.807) is 7.05 Å². The second kappa shape index (κ2) is 3.97. The Bertz CT molecular complexity index is 592. The lowest BCUT2D eigenvalue weighted by Gasteiger charge is -2.01. The van der Waals surface area contributed by atoms with Crippen molar-refractivity contribution in [3.05, 3.63) is 47.2 Å². The third-order valence-electron chi connectivity index (χ3n) is 2.41. The van der Waals surface area contributed by atoms with Gasteiger partial charge >= 0.3 is 0 Å². The maximum atomic E-state index is 13.0. The molecule has 0 spiro atoms. The first-order chi connectivity index (χ1) is 8.00. The molecule has 0 amide bonds. The summed E-state index contributed by atoms with van der Waals surface area (Å²) in [4.78, 5) is 11.9. The Kier molecular flexibility index (Phi) is 2.63.